The fourth-order valence-corrected chi connectivity index (χ4v) is 5.46. The number of likely N-dealkylation sites (tertiary alicyclic amines) is 1. The summed E-state index contributed by atoms with van der Waals surface area (Å²) in [4.78, 5) is 21.7. The lowest BCUT2D eigenvalue weighted by atomic mass is 9.95. The SMILES string of the molecule is COCCNC(=O)c1sc2ncccc2c1C1CCN(C/C(C)=C/c2ccccc2)C1. The maximum Gasteiger partial charge on any atom is 0.261 e. The number of carbonyl (C=O) groups is 1. The van der Waals surface area contributed by atoms with E-state index in [1.807, 2.05) is 12.1 Å². The molecule has 1 N–H and O–H groups in total. The van der Waals surface area contributed by atoms with Crippen LogP contribution in [-0.2, 0) is 4.74 Å². The average molecular weight is 436 g/mol. The first-order valence-electron chi connectivity index (χ1n) is 10.7. The minimum Gasteiger partial charge on any atom is -0.383 e. The Morgan fingerprint density at radius 2 is 2.13 bits per heavy atom. The fraction of sp³-hybridized carbons (Fsp3) is 0.360. The largest absolute Gasteiger partial charge is 0.383 e. The normalized spacial score (nSPS) is 17.4. The number of pyridine rings is 1. The zero-order chi connectivity index (χ0) is 21.6. The number of hydrogen-bond acceptors (Lipinski definition) is 5. The summed E-state index contributed by atoms with van der Waals surface area (Å²) in [6.45, 7) is 6.15. The van der Waals surface area contributed by atoms with E-state index in [-0.39, 0.29) is 5.91 Å². The Morgan fingerprint density at radius 1 is 1.29 bits per heavy atom. The Kier molecular flexibility index (Phi) is 7.12. The number of nitrogens with one attached hydrogen (secondary N) is 1. The molecule has 0 radical (unpaired) electrons. The number of ether oxygens (including phenoxy) is 1. The van der Waals surface area contributed by atoms with Crippen LogP contribution in [0.3, 0.4) is 0 Å². The fourth-order valence-electron chi connectivity index (χ4n) is 4.32. The van der Waals surface area contributed by atoms with E-state index in [1.165, 1.54) is 22.5 Å². The number of benzene rings is 1. The number of fused-ring (bicyclic) bond motifs is 1. The van der Waals surface area contributed by atoms with Gasteiger partial charge in [-0.25, -0.2) is 4.98 Å². The number of carbonyl (C=O) groups excluding carboxylic acids is 1. The van der Waals surface area contributed by atoms with Gasteiger partial charge >= 0.3 is 0 Å². The van der Waals surface area contributed by atoms with E-state index >= 15 is 0 Å². The molecule has 1 aliphatic rings. The van der Waals surface area contributed by atoms with Crippen LogP contribution < -0.4 is 5.32 Å². The van der Waals surface area contributed by atoms with Gasteiger partial charge in [0.2, 0.25) is 0 Å². The zero-order valence-corrected chi connectivity index (χ0v) is 19.0. The van der Waals surface area contributed by atoms with Gasteiger partial charge in [-0.2, -0.15) is 0 Å². The monoisotopic (exact) mass is 435 g/mol. The number of aromatic nitrogens is 1. The molecule has 4 rings (SSSR count). The summed E-state index contributed by atoms with van der Waals surface area (Å²) in [7, 11) is 1.64. The summed E-state index contributed by atoms with van der Waals surface area (Å²) in [6.07, 6.45) is 5.11. The highest BCUT2D eigenvalue weighted by Gasteiger charge is 2.30. The van der Waals surface area contributed by atoms with E-state index in [4.69, 9.17) is 4.74 Å². The Hall–Kier alpha value is -2.54. The van der Waals surface area contributed by atoms with Gasteiger partial charge in [0.05, 0.1) is 11.5 Å². The molecule has 1 amide bonds. The topological polar surface area (TPSA) is 54.5 Å². The van der Waals surface area contributed by atoms with Gasteiger partial charge in [0.25, 0.3) is 5.91 Å². The highest BCUT2D eigenvalue weighted by molar-refractivity contribution is 7.20. The smallest absolute Gasteiger partial charge is 0.261 e. The summed E-state index contributed by atoms with van der Waals surface area (Å²) in [5, 5.41) is 4.11. The average Bonchev–Trinajstić information content (AvgIpc) is 3.38. The van der Waals surface area contributed by atoms with E-state index < -0.39 is 0 Å². The van der Waals surface area contributed by atoms with Crippen molar-refractivity contribution in [2.45, 2.75) is 19.3 Å². The number of nitrogens with zero attached hydrogens (tertiary/aromatic N) is 2. The van der Waals surface area contributed by atoms with Crippen LogP contribution in [0.4, 0.5) is 0 Å². The van der Waals surface area contributed by atoms with Crippen molar-refractivity contribution in [2.24, 2.45) is 0 Å². The molecule has 1 aromatic carbocycles. The lowest BCUT2D eigenvalue weighted by Gasteiger charge is -2.17. The van der Waals surface area contributed by atoms with Gasteiger partial charge < -0.3 is 10.1 Å². The van der Waals surface area contributed by atoms with Gasteiger partial charge in [0, 0.05) is 44.2 Å². The highest BCUT2D eigenvalue weighted by atomic mass is 32.1. The Morgan fingerprint density at radius 3 is 2.94 bits per heavy atom. The lowest BCUT2D eigenvalue weighted by molar-refractivity contribution is 0.0940. The van der Waals surface area contributed by atoms with Crippen LogP contribution in [-0.4, -0.2) is 55.7 Å². The number of amides is 1. The van der Waals surface area contributed by atoms with Crippen molar-refractivity contribution in [1.29, 1.82) is 0 Å². The number of hydrogen-bond donors (Lipinski definition) is 1. The molecule has 162 valence electrons. The third-order valence-corrected chi connectivity index (χ3v) is 6.80. The number of methoxy groups -OCH3 is 1. The molecule has 0 saturated carbocycles. The first kappa shape index (κ1) is 21.7. The summed E-state index contributed by atoms with van der Waals surface area (Å²) in [5.74, 6) is 0.319. The van der Waals surface area contributed by atoms with Gasteiger partial charge in [-0.3, -0.25) is 9.69 Å². The van der Waals surface area contributed by atoms with E-state index in [2.05, 4.69) is 58.5 Å². The Bertz CT molecular complexity index is 1060. The Balaban J connectivity index is 1.51. The zero-order valence-electron chi connectivity index (χ0n) is 18.1. The van der Waals surface area contributed by atoms with Crippen LogP contribution >= 0.6 is 11.3 Å². The third-order valence-electron chi connectivity index (χ3n) is 5.67. The molecular formula is C25H29N3O2S. The van der Waals surface area contributed by atoms with Crippen molar-refractivity contribution in [2.75, 3.05) is 39.9 Å². The minimum atomic E-state index is -0.0198. The summed E-state index contributed by atoms with van der Waals surface area (Å²) >= 11 is 1.50. The third kappa shape index (κ3) is 5.21. The first-order valence-corrected chi connectivity index (χ1v) is 11.6. The van der Waals surface area contributed by atoms with Gasteiger partial charge in [0.15, 0.2) is 0 Å². The minimum absolute atomic E-state index is 0.0198. The molecule has 0 aliphatic carbocycles. The van der Waals surface area contributed by atoms with Crippen LogP contribution in [0.25, 0.3) is 16.3 Å². The van der Waals surface area contributed by atoms with Crippen molar-refractivity contribution in [3.63, 3.8) is 0 Å². The van der Waals surface area contributed by atoms with Crippen LogP contribution in [0.2, 0.25) is 0 Å². The predicted molar refractivity (Wildman–Crippen MR) is 128 cm³/mol. The summed E-state index contributed by atoms with van der Waals surface area (Å²) < 4.78 is 5.08. The first-order chi connectivity index (χ1) is 15.2. The molecule has 1 fully saturated rings. The quantitative estimate of drug-likeness (QED) is 0.527. The van der Waals surface area contributed by atoms with Crippen LogP contribution in [0.5, 0.6) is 0 Å². The van der Waals surface area contributed by atoms with Crippen LogP contribution in [0.1, 0.15) is 40.1 Å². The molecule has 31 heavy (non-hydrogen) atoms. The lowest BCUT2D eigenvalue weighted by Crippen LogP contribution is -2.27. The molecule has 0 spiro atoms. The molecule has 1 saturated heterocycles. The van der Waals surface area contributed by atoms with Gasteiger partial charge in [-0.1, -0.05) is 48.0 Å². The maximum atomic E-state index is 12.9. The van der Waals surface area contributed by atoms with Crippen molar-refractivity contribution in [3.8, 4) is 0 Å². The second kappa shape index (κ2) is 10.2. The van der Waals surface area contributed by atoms with Gasteiger partial charge in [-0.05, 0) is 37.1 Å². The maximum absolute atomic E-state index is 12.9. The van der Waals surface area contributed by atoms with Gasteiger partial charge in [0.1, 0.15) is 4.83 Å². The summed E-state index contributed by atoms with van der Waals surface area (Å²) in [5.41, 5.74) is 3.75. The van der Waals surface area contributed by atoms with E-state index in [9.17, 15) is 4.79 Å². The molecule has 6 heteroatoms. The molecule has 2 aromatic heterocycles. The molecule has 0 bridgehead atoms. The molecule has 3 heterocycles. The predicted octanol–water partition coefficient (Wildman–Crippen LogP) is 4.57. The van der Waals surface area contributed by atoms with Gasteiger partial charge in [-0.15, -0.1) is 11.3 Å². The standard InChI is InChI=1S/C25H29N3O2S/c1-18(15-19-7-4-3-5-8-19)16-28-13-10-20(17-28)22-21-9-6-11-27-25(21)31-23(22)24(29)26-12-14-30-2/h3-9,11,15,20H,10,12-14,16-17H2,1-2H3,(H,26,29)/b18-15+. The second-order valence-corrected chi connectivity index (χ2v) is 9.07. The molecule has 3 aromatic rings. The summed E-state index contributed by atoms with van der Waals surface area (Å²) in [6, 6.07) is 14.5. The van der Waals surface area contributed by atoms with Crippen molar-refractivity contribution < 1.29 is 9.53 Å². The second-order valence-electron chi connectivity index (χ2n) is 8.07. The van der Waals surface area contributed by atoms with Crippen LogP contribution in [0, 0.1) is 0 Å². The number of rotatable bonds is 8. The van der Waals surface area contributed by atoms with Crippen molar-refractivity contribution in [1.82, 2.24) is 15.2 Å². The highest BCUT2D eigenvalue weighted by Crippen LogP contribution is 2.39. The molecule has 5 nitrogen and oxygen atoms in total. The molecule has 1 atom stereocenters. The molecular weight excluding hydrogens is 406 g/mol. The van der Waals surface area contributed by atoms with E-state index in [0.29, 0.717) is 19.1 Å². The molecule has 1 aliphatic heterocycles. The van der Waals surface area contributed by atoms with Crippen molar-refractivity contribution in [3.05, 3.63) is 70.2 Å². The van der Waals surface area contributed by atoms with Crippen LogP contribution in [0.15, 0.2) is 54.2 Å². The van der Waals surface area contributed by atoms with E-state index in [1.54, 1.807) is 13.3 Å². The van der Waals surface area contributed by atoms with E-state index in [0.717, 1.165) is 46.7 Å². The Labute approximate surface area is 187 Å². The number of thiophene rings is 1. The molecule has 1 unspecified atom stereocenters. The van der Waals surface area contributed by atoms with Crippen molar-refractivity contribution >= 4 is 33.5 Å².